The van der Waals surface area contributed by atoms with Crippen LogP contribution in [0.1, 0.15) is 37.8 Å². The van der Waals surface area contributed by atoms with Gasteiger partial charge in [-0.1, -0.05) is 13.3 Å². The molecule has 2 rings (SSSR count). The first-order valence-electron chi connectivity index (χ1n) is 6.65. The van der Waals surface area contributed by atoms with Crippen molar-refractivity contribution in [1.29, 1.82) is 0 Å². The first-order valence-corrected chi connectivity index (χ1v) is 6.65. The minimum Gasteiger partial charge on any atom is -0.449 e. The predicted molar refractivity (Wildman–Crippen MR) is 67.9 cm³/mol. The van der Waals surface area contributed by atoms with Gasteiger partial charge in [-0.05, 0) is 33.0 Å². The summed E-state index contributed by atoms with van der Waals surface area (Å²) < 4.78 is 5.53. The molecular weight excluding hydrogens is 214 g/mol. The molecule has 1 saturated heterocycles. The summed E-state index contributed by atoms with van der Waals surface area (Å²) >= 11 is 0. The number of hydrogen-bond acceptors (Lipinski definition) is 4. The summed E-state index contributed by atoms with van der Waals surface area (Å²) in [7, 11) is 1.92. The second-order valence-corrected chi connectivity index (χ2v) is 4.75. The largest absolute Gasteiger partial charge is 0.449 e. The van der Waals surface area contributed by atoms with Gasteiger partial charge in [-0.15, -0.1) is 0 Å². The normalized spacial score (nSPS) is 21.9. The van der Waals surface area contributed by atoms with Gasteiger partial charge in [0.2, 0.25) is 0 Å². The lowest BCUT2D eigenvalue weighted by Crippen LogP contribution is -2.40. The van der Waals surface area contributed by atoms with Crippen LogP contribution in [0.5, 0.6) is 0 Å². The van der Waals surface area contributed by atoms with Crippen LogP contribution in [0.25, 0.3) is 0 Å². The Labute approximate surface area is 103 Å². The van der Waals surface area contributed by atoms with Crippen LogP contribution in [0.15, 0.2) is 10.7 Å². The molecule has 2 heterocycles. The van der Waals surface area contributed by atoms with E-state index in [1.807, 2.05) is 7.05 Å². The van der Waals surface area contributed by atoms with Crippen molar-refractivity contribution in [2.24, 2.45) is 0 Å². The molecule has 96 valence electrons. The van der Waals surface area contributed by atoms with E-state index in [2.05, 4.69) is 22.1 Å². The molecule has 17 heavy (non-hydrogen) atoms. The molecule has 0 saturated carbocycles. The van der Waals surface area contributed by atoms with E-state index in [-0.39, 0.29) is 0 Å². The van der Waals surface area contributed by atoms with E-state index >= 15 is 0 Å². The lowest BCUT2D eigenvalue weighted by molar-refractivity contribution is 0.149. The van der Waals surface area contributed by atoms with E-state index in [1.54, 1.807) is 6.26 Å². The number of likely N-dealkylation sites (N-methyl/N-ethyl adjacent to an activating group) is 1. The molecular formula is C13H23N3O. The van der Waals surface area contributed by atoms with E-state index in [1.165, 1.54) is 25.8 Å². The van der Waals surface area contributed by atoms with Crippen LogP contribution >= 0.6 is 0 Å². The summed E-state index contributed by atoms with van der Waals surface area (Å²) in [5.41, 5.74) is 1.00. The van der Waals surface area contributed by atoms with Crippen molar-refractivity contribution in [3.8, 4) is 0 Å². The molecule has 0 amide bonds. The quantitative estimate of drug-likeness (QED) is 0.848. The summed E-state index contributed by atoms with van der Waals surface area (Å²) in [5.74, 6) is 0.889. The summed E-state index contributed by atoms with van der Waals surface area (Å²) in [6.07, 6.45) is 6.67. The van der Waals surface area contributed by atoms with E-state index in [0.717, 1.165) is 31.1 Å². The minimum atomic E-state index is 0.620. The van der Waals surface area contributed by atoms with Crippen molar-refractivity contribution in [2.45, 2.75) is 45.2 Å². The molecule has 0 aliphatic carbocycles. The Morgan fingerprint density at radius 1 is 1.53 bits per heavy atom. The Kier molecular flexibility index (Phi) is 4.57. The highest BCUT2D eigenvalue weighted by molar-refractivity contribution is 4.98. The van der Waals surface area contributed by atoms with Crippen LogP contribution in [0.3, 0.4) is 0 Å². The molecule has 4 heteroatoms. The molecule has 1 aliphatic heterocycles. The van der Waals surface area contributed by atoms with Crippen molar-refractivity contribution in [1.82, 2.24) is 15.2 Å². The van der Waals surface area contributed by atoms with Crippen LogP contribution in [0.2, 0.25) is 0 Å². The van der Waals surface area contributed by atoms with Crippen LogP contribution in [0.4, 0.5) is 0 Å². The molecule has 1 aliphatic rings. The molecule has 1 aromatic rings. The predicted octanol–water partition coefficient (Wildman–Crippen LogP) is 1.81. The van der Waals surface area contributed by atoms with Crippen LogP contribution in [-0.4, -0.2) is 36.1 Å². The Hall–Kier alpha value is -0.870. The SMILES string of the molecule is CCN1CCCCC1Cc1nc(CNC)co1. The molecule has 0 spiro atoms. The van der Waals surface area contributed by atoms with Gasteiger partial charge in [-0.25, -0.2) is 4.98 Å². The van der Waals surface area contributed by atoms with Gasteiger partial charge >= 0.3 is 0 Å². The van der Waals surface area contributed by atoms with Crippen molar-refractivity contribution in [2.75, 3.05) is 20.1 Å². The Bertz CT molecular complexity index is 337. The molecule has 4 nitrogen and oxygen atoms in total. The molecule has 1 N–H and O–H groups in total. The second-order valence-electron chi connectivity index (χ2n) is 4.75. The summed E-state index contributed by atoms with van der Waals surface area (Å²) in [5, 5.41) is 3.09. The topological polar surface area (TPSA) is 41.3 Å². The monoisotopic (exact) mass is 237 g/mol. The Balaban J connectivity index is 1.93. The van der Waals surface area contributed by atoms with Crippen molar-refractivity contribution in [3.05, 3.63) is 17.8 Å². The third kappa shape index (κ3) is 3.30. The average Bonchev–Trinajstić information content (AvgIpc) is 2.78. The first-order chi connectivity index (χ1) is 8.33. The zero-order valence-electron chi connectivity index (χ0n) is 10.9. The molecule has 1 unspecified atom stereocenters. The highest BCUT2D eigenvalue weighted by Gasteiger charge is 2.22. The molecule has 1 atom stereocenters. The van der Waals surface area contributed by atoms with Gasteiger partial charge in [0.25, 0.3) is 0 Å². The van der Waals surface area contributed by atoms with Gasteiger partial charge in [-0.2, -0.15) is 0 Å². The number of oxazole rings is 1. The van der Waals surface area contributed by atoms with Gasteiger partial charge in [0.05, 0.1) is 5.69 Å². The zero-order valence-corrected chi connectivity index (χ0v) is 10.9. The number of piperidine rings is 1. The maximum atomic E-state index is 5.53. The number of rotatable bonds is 5. The fourth-order valence-electron chi connectivity index (χ4n) is 2.61. The van der Waals surface area contributed by atoms with Crippen LogP contribution < -0.4 is 5.32 Å². The molecule has 1 fully saturated rings. The smallest absolute Gasteiger partial charge is 0.195 e. The molecule has 0 bridgehead atoms. The fraction of sp³-hybridized carbons (Fsp3) is 0.769. The number of nitrogens with one attached hydrogen (secondary N) is 1. The van der Waals surface area contributed by atoms with Crippen molar-refractivity contribution in [3.63, 3.8) is 0 Å². The lowest BCUT2D eigenvalue weighted by Gasteiger charge is -2.34. The Morgan fingerprint density at radius 2 is 2.41 bits per heavy atom. The van der Waals surface area contributed by atoms with Gasteiger partial charge in [0, 0.05) is 19.0 Å². The maximum Gasteiger partial charge on any atom is 0.195 e. The standard InChI is InChI=1S/C13H23N3O/c1-3-16-7-5-4-6-12(16)8-13-15-11(9-14-2)10-17-13/h10,12,14H,3-9H2,1-2H3. The lowest BCUT2D eigenvalue weighted by atomic mass is 9.99. The fourth-order valence-corrected chi connectivity index (χ4v) is 2.61. The number of hydrogen-bond donors (Lipinski definition) is 1. The van der Waals surface area contributed by atoms with E-state index in [0.29, 0.717) is 6.04 Å². The number of nitrogens with zero attached hydrogens (tertiary/aromatic N) is 2. The summed E-state index contributed by atoms with van der Waals surface area (Å²) in [4.78, 5) is 7.05. The van der Waals surface area contributed by atoms with E-state index in [9.17, 15) is 0 Å². The zero-order chi connectivity index (χ0) is 12.1. The van der Waals surface area contributed by atoms with Gasteiger partial charge in [0.15, 0.2) is 5.89 Å². The van der Waals surface area contributed by atoms with Crippen molar-refractivity contribution >= 4 is 0 Å². The highest BCUT2D eigenvalue weighted by atomic mass is 16.3. The average molecular weight is 237 g/mol. The summed E-state index contributed by atoms with van der Waals surface area (Å²) in [6, 6.07) is 0.620. The number of aromatic nitrogens is 1. The van der Waals surface area contributed by atoms with Crippen LogP contribution in [0, 0.1) is 0 Å². The van der Waals surface area contributed by atoms with E-state index < -0.39 is 0 Å². The highest BCUT2D eigenvalue weighted by Crippen LogP contribution is 2.20. The van der Waals surface area contributed by atoms with Gasteiger partial charge in [0.1, 0.15) is 6.26 Å². The third-order valence-electron chi connectivity index (χ3n) is 3.52. The van der Waals surface area contributed by atoms with Gasteiger partial charge in [-0.3, -0.25) is 0 Å². The van der Waals surface area contributed by atoms with Crippen LogP contribution in [-0.2, 0) is 13.0 Å². The first kappa shape index (κ1) is 12.6. The third-order valence-corrected chi connectivity index (χ3v) is 3.52. The maximum absolute atomic E-state index is 5.53. The van der Waals surface area contributed by atoms with Gasteiger partial charge < -0.3 is 14.6 Å². The molecule has 1 aromatic heterocycles. The van der Waals surface area contributed by atoms with E-state index in [4.69, 9.17) is 4.42 Å². The Morgan fingerprint density at radius 3 is 3.18 bits per heavy atom. The minimum absolute atomic E-state index is 0.620. The molecule has 0 aromatic carbocycles. The number of likely N-dealkylation sites (tertiary alicyclic amines) is 1. The summed E-state index contributed by atoms with van der Waals surface area (Å²) in [6.45, 7) is 5.38. The van der Waals surface area contributed by atoms with Crippen molar-refractivity contribution < 1.29 is 4.42 Å². The molecule has 0 radical (unpaired) electrons. The second kappa shape index (κ2) is 6.17.